The molecule has 0 aromatic heterocycles. The van der Waals surface area contributed by atoms with Crippen LogP contribution in [0.3, 0.4) is 0 Å². The molecule has 2 rings (SSSR count). The Hall–Kier alpha value is -2.66. The third-order valence-corrected chi connectivity index (χ3v) is 5.68. The van der Waals surface area contributed by atoms with E-state index >= 15 is 0 Å². The minimum atomic E-state index is -1.60. The van der Waals surface area contributed by atoms with Gasteiger partial charge < -0.3 is 52.8 Å². The van der Waals surface area contributed by atoms with Crippen LogP contribution >= 0.6 is 0 Å². The highest BCUT2D eigenvalue weighted by molar-refractivity contribution is 5.68. The summed E-state index contributed by atoms with van der Waals surface area (Å²) in [4.78, 5) is 47.5. The molecule has 0 amide bonds. The number of hydrogen-bond donors (Lipinski definition) is 2. The molecular formula is C24H36O15. The number of aliphatic hydroxyl groups excluding tert-OH is 2. The molecule has 39 heavy (non-hydrogen) atoms. The number of carbonyl (C=O) groups is 4. The molecule has 2 saturated heterocycles. The van der Waals surface area contributed by atoms with Crippen LogP contribution in [-0.2, 0) is 61.8 Å². The first-order valence-corrected chi connectivity index (χ1v) is 12.1. The van der Waals surface area contributed by atoms with Gasteiger partial charge in [-0.1, -0.05) is 6.08 Å². The van der Waals surface area contributed by atoms with Gasteiger partial charge in [0, 0.05) is 34.8 Å². The molecule has 10 atom stereocenters. The topological polar surface area (TPSA) is 192 Å². The fraction of sp³-hybridized carbons (Fsp3) is 0.750. The molecule has 2 fully saturated rings. The molecule has 15 heteroatoms. The monoisotopic (exact) mass is 564 g/mol. The van der Waals surface area contributed by atoms with Crippen molar-refractivity contribution in [2.45, 2.75) is 89.1 Å². The van der Waals surface area contributed by atoms with Crippen molar-refractivity contribution in [2.24, 2.45) is 0 Å². The van der Waals surface area contributed by atoms with Crippen molar-refractivity contribution in [3.05, 3.63) is 12.7 Å². The summed E-state index contributed by atoms with van der Waals surface area (Å²) in [7, 11) is 1.31. The lowest BCUT2D eigenvalue weighted by Crippen LogP contribution is -2.66. The zero-order chi connectivity index (χ0) is 29.3. The third kappa shape index (κ3) is 8.93. The Morgan fingerprint density at radius 2 is 1.36 bits per heavy atom. The first-order valence-electron chi connectivity index (χ1n) is 12.1. The van der Waals surface area contributed by atoms with Gasteiger partial charge in [-0.05, 0) is 0 Å². The first kappa shape index (κ1) is 32.6. The van der Waals surface area contributed by atoms with Crippen LogP contribution in [0, 0.1) is 0 Å². The number of esters is 4. The van der Waals surface area contributed by atoms with Gasteiger partial charge in [-0.3, -0.25) is 19.2 Å². The number of ether oxygens (including phenoxy) is 9. The highest BCUT2D eigenvalue weighted by atomic mass is 16.8. The van der Waals surface area contributed by atoms with Gasteiger partial charge in [-0.15, -0.1) is 6.58 Å². The van der Waals surface area contributed by atoms with Crippen molar-refractivity contribution in [2.75, 3.05) is 26.9 Å². The van der Waals surface area contributed by atoms with Gasteiger partial charge >= 0.3 is 23.9 Å². The summed E-state index contributed by atoms with van der Waals surface area (Å²) < 4.78 is 49.8. The van der Waals surface area contributed by atoms with Gasteiger partial charge in [-0.2, -0.15) is 0 Å². The van der Waals surface area contributed by atoms with E-state index in [0.717, 1.165) is 27.7 Å². The summed E-state index contributed by atoms with van der Waals surface area (Å²) in [6.45, 7) is 6.88. The van der Waals surface area contributed by atoms with Crippen LogP contribution in [0.4, 0.5) is 0 Å². The second kappa shape index (κ2) is 15.2. The lowest BCUT2D eigenvalue weighted by atomic mass is 9.96. The number of hydrogen-bond acceptors (Lipinski definition) is 15. The Bertz CT molecular complexity index is 862. The molecule has 0 aromatic rings. The predicted octanol–water partition coefficient (Wildman–Crippen LogP) is -1.25. The summed E-state index contributed by atoms with van der Waals surface area (Å²) >= 11 is 0. The largest absolute Gasteiger partial charge is 0.463 e. The van der Waals surface area contributed by atoms with E-state index in [2.05, 4.69) is 6.58 Å². The van der Waals surface area contributed by atoms with E-state index in [1.807, 2.05) is 0 Å². The van der Waals surface area contributed by atoms with E-state index in [4.69, 9.17) is 42.6 Å². The Labute approximate surface area is 225 Å². The van der Waals surface area contributed by atoms with Crippen LogP contribution in [0.1, 0.15) is 27.7 Å². The lowest BCUT2D eigenvalue weighted by Gasteiger charge is -2.48. The van der Waals surface area contributed by atoms with Gasteiger partial charge in [0.2, 0.25) is 0 Å². The summed E-state index contributed by atoms with van der Waals surface area (Å²) in [5, 5.41) is 20.7. The van der Waals surface area contributed by atoms with Gasteiger partial charge in [-0.25, -0.2) is 0 Å². The number of rotatable bonds is 12. The van der Waals surface area contributed by atoms with E-state index in [1.165, 1.54) is 13.2 Å². The Balaban J connectivity index is 2.54. The van der Waals surface area contributed by atoms with Crippen molar-refractivity contribution in [3.63, 3.8) is 0 Å². The van der Waals surface area contributed by atoms with Gasteiger partial charge in [0.1, 0.15) is 37.1 Å². The SMILES string of the molecule is C=CCOC1C(OC)OC(CO)C(O)C1OC1OC(COC(C)=O)C(OC(C)=O)C(OC(C)=O)C1OC(C)=O. The maximum atomic E-state index is 12.1. The molecule has 222 valence electrons. The van der Waals surface area contributed by atoms with Crippen molar-refractivity contribution < 1.29 is 72.0 Å². The van der Waals surface area contributed by atoms with Crippen LogP contribution in [0.2, 0.25) is 0 Å². The standard InChI is InChI=1S/C24H36O15/c1-7-8-32-21-19(17(30)15(9-25)37-23(21)31-6)39-24-22(36-14(5)29)20(35-13(4)28)18(34-12(3)27)16(38-24)10-33-11(2)26/h7,15-25,30H,1,8-10H2,2-6H3. The molecule has 2 aliphatic rings. The van der Waals surface area contributed by atoms with Crippen LogP contribution < -0.4 is 0 Å². The van der Waals surface area contributed by atoms with Crippen LogP contribution in [0.15, 0.2) is 12.7 Å². The summed E-state index contributed by atoms with van der Waals surface area (Å²) in [6, 6.07) is 0. The average molecular weight is 565 g/mol. The molecule has 2 N–H and O–H groups in total. The molecule has 2 aliphatic heterocycles. The van der Waals surface area contributed by atoms with Gasteiger partial charge in [0.05, 0.1) is 13.2 Å². The normalized spacial score (nSPS) is 34.4. The van der Waals surface area contributed by atoms with E-state index in [9.17, 15) is 29.4 Å². The number of carbonyl (C=O) groups excluding carboxylic acids is 4. The van der Waals surface area contributed by atoms with Crippen molar-refractivity contribution >= 4 is 23.9 Å². The predicted molar refractivity (Wildman–Crippen MR) is 126 cm³/mol. The second-order valence-electron chi connectivity index (χ2n) is 8.71. The smallest absolute Gasteiger partial charge is 0.303 e. The van der Waals surface area contributed by atoms with Gasteiger partial charge in [0.15, 0.2) is 30.9 Å². The van der Waals surface area contributed by atoms with Crippen molar-refractivity contribution in [3.8, 4) is 0 Å². The molecule has 10 unspecified atom stereocenters. The fourth-order valence-electron chi connectivity index (χ4n) is 4.20. The van der Waals surface area contributed by atoms with Gasteiger partial charge in [0.25, 0.3) is 0 Å². The average Bonchev–Trinajstić information content (AvgIpc) is 2.85. The number of aliphatic hydroxyl groups is 2. The van der Waals surface area contributed by atoms with Crippen molar-refractivity contribution in [1.82, 2.24) is 0 Å². The highest BCUT2D eigenvalue weighted by Gasteiger charge is 2.56. The molecule has 2 heterocycles. The maximum Gasteiger partial charge on any atom is 0.303 e. The van der Waals surface area contributed by atoms with Crippen LogP contribution in [0.25, 0.3) is 0 Å². The molecule has 15 nitrogen and oxygen atoms in total. The van der Waals surface area contributed by atoms with Crippen LogP contribution in [0.5, 0.6) is 0 Å². The molecule has 0 aliphatic carbocycles. The highest BCUT2D eigenvalue weighted by Crippen LogP contribution is 2.34. The number of methoxy groups -OCH3 is 1. The summed E-state index contributed by atoms with van der Waals surface area (Å²) in [5.74, 6) is -3.13. The fourth-order valence-corrected chi connectivity index (χ4v) is 4.20. The van der Waals surface area contributed by atoms with E-state index in [0.29, 0.717) is 0 Å². The minimum Gasteiger partial charge on any atom is -0.463 e. The molecule has 0 bridgehead atoms. The second-order valence-corrected chi connectivity index (χ2v) is 8.71. The summed E-state index contributed by atoms with van der Waals surface area (Å²) in [6.07, 6.45) is -12.1. The molecule has 0 radical (unpaired) electrons. The lowest BCUT2D eigenvalue weighted by molar-refractivity contribution is -0.362. The Morgan fingerprint density at radius 1 is 0.795 bits per heavy atom. The molecular weight excluding hydrogens is 528 g/mol. The third-order valence-electron chi connectivity index (χ3n) is 5.68. The quantitative estimate of drug-likeness (QED) is 0.162. The van der Waals surface area contributed by atoms with E-state index < -0.39 is 98.5 Å². The Morgan fingerprint density at radius 3 is 1.87 bits per heavy atom. The van der Waals surface area contributed by atoms with Crippen LogP contribution in [-0.4, -0.2) is 122 Å². The molecule has 0 spiro atoms. The van der Waals surface area contributed by atoms with E-state index in [-0.39, 0.29) is 6.61 Å². The molecule has 0 saturated carbocycles. The Kier molecular flexibility index (Phi) is 12.7. The maximum absolute atomic E-state index is 12.1. The van der Waals surface area contributed by atoms with Crippen molar-refractivity contribution in [1.29, 1.82) is 0 Å². The van der Waals surface area contributed by atoms with E-state index in [1.54, 1.807) is 0 Å². The molecule has 0 aromatic carbocycles. The zero-order valence-corrected chi connectivity index (χ0v) is 22.4. The summed E-state index contributed by atoms with van der Waals surface area (Å²) in [5.41, 5.74) is 0. The minimum absolute atomic E-state index is 0.0111. The zero-order valence-electron chi connectivity index (χ0n) is 22.4. The first-order chi connectivity index (χ1) is 18.4.